The summed E-state index contributed by atoms with van der Waals surface area (Å²) < 4.78 is 0. The summed E-state index contributed by atoms with van der Waals surface area (Å²) in [5.41, 5.74) is 0. The standard InChI is InChI=1S/C17H20N2O2S2/c1-13-8-9-15(23-13)17(21)19-12-16(20)18-10-5-11-22-14-6-3-2-4-7-14/h2-4,6-9H,5,10-12H2,1H3,(H,18,20)(H,19,21). The van der Waals surface area contributed by atoms with Gasteiger partial charge in [-0.25, -0.2) is 0 Å². The minimum absolute atomic E-state index is 0.0155. The molecule has 122 valence electrons. The number of rotatable bonds is 8. The molecule has 1 heterocycles. The smallest absolute Gasteiger partial charge is 0.261 e. The second-order valence-electron chi connectivity index (χ2n) is 4.96. The summed E-state index contributed by atoms with van der Waals surface area (Å²) in [6.07, 6.45) is 0.892. The molecule has 6 heteroatoms. The third-order valence-electron chi connectivity index (χ3n) is 3.03. The first-order chi connectivity index (χ1) is 11.1. The molecular formula is C17H20N2O2S2. The molecule has 2 amide bonds. The minimum atomic E-state index is -0.196. The summed E-state index contributed by atoms with van der Waals surface area (Å²) >= 11 is 3.19. The molecule has 0 aliphatic heterocycles. The molecule has 0 unspecified atom stereocenters. The lowest BCUT2D eigenvalue weighted by molar-refractivity contribution is -0.120. The second kappa shape index (κ2) is 9.37. The molecule has 2 N–H and O–H groups in total. The van der Waals surface area contributed by atoms with Crippen molar-refractivity contribution in [2.24, 2.45) is 0 Å². The lowest BCUT2D eigenvalue weighted by Crippen LogP contribution is -2.37. The van der Waals surface area contributed by atoms with Crippen LogP contribution >= 0.6 is 23.1 Å². The van der Waals surface area contributed by atoms with Crippen LogP contribution in [0.4, 0.5) is 0 Å². The maximum Gasteiger partial charge on any atom is 0.261 e. The fraction of sp³-hybridized carbons (Fsp3) is 0.294. The van der Waals surface area contributed by atoms with Crippen molar-refractivity contribution in [1.29, 1.82) is 0 Å². The zero-order valence-electron chi connectivity index (χ0n) is 13.0. The predicted octanol–water partition coefficient (Wildman–Crippen LogP) is 3.08. The summed E-state index contributed by atoms with van der Waals surface area (Å²) in [5, 5.41) is 5.45. The molecule has 1 aromatic heterocycles. The second-order valence-corrected chi connectivity index (χ2v) is 7.41. The highest BCUT2D eigenvalue weighted by Crippen LogP contribution is 2.17. The molecular weight excluding hydrogens is 328 g/mol. The van der Waals surface area contributed by atoms with Gasteiger partial charge < -0.3 is 10.6 Å². The first-order valence-corrected chi connectivity index (χ1v) is 9.24. The molecule has 0 aliphatic rings. The van der Waals surface area contributed by atoms with Crippen molar-refractivity contribution >= 4 is 34.9 Å². The zero-order valence-corrected chi connectivity index (χ0v) is 14.6. The Kier molecular flexibility index (Phi) is 7.16. The van der Waals surface area contributed by atoms with Crippen LogP contribution in [-0.2, 0) is 4.79 Å². The van der Waals surface area contributed by atoms with Crippen LogP contribution in [0.1, 0.15) is 21.0 Å². The number of aryl methyl sites for hydroxylation is 1. The van der Waals surface area contributed by atoms with Gasteiger partial charge in [0.1, 0.15) is 0 Å². The molecule has 0 saturated carbocycles. The van der Waals surface area contributed by atoms with Gasteiger partial charge in [-0.05, 0) is 43.4 Å². The van der Waals surface area contributed by atoms with Crippen LogP contribution in [0.3, 0.4) is 0 Å². The number of hydrogen-bond donors (Lipinski definition) is 2. The van der Waals surface area contributed by atoms with Crippen LogP contribution in [0.25, 0.3) is 0 Å². The van der Waals surface area contributed by atoms with Gasteiger partial charge in [-0.15, -0.1) is 23.1 Å². The zero-order chi connectivity index (χ0) is 16.5. The number of carbonyl (C=O) groups is 2. The SMILES string of the molecule is Cc1ccc(C(=O)NCC(=O)NCCCSc2ccccc2)s1. The average molecular weight is 348 g/mol. The molecule has 1 aromatic carbocycles. The highest BCUT2D eigenvalue weighted by atomic mass is 32.2. The molecule has 0 radical (unpaired) electrons. The Bertz CT molecular complexity index is 641. The van der Waals surface area contributed by atoms with E-state index < -0.39 is 0 Å². The summed E-state index contributed by atoms with van der Waals surface area (Å²) in [6.45, 7) is 2.58. The predicted molar refractivity (Wildman–Crippen MR) is 96.2 cm³/mol. The van der Waals surface area contributed by atoms with E-state index in [-0.39, 0.29) is 18.4 Å². The van der Waals surface area contributed by atoms with Crippen LogP contribution in [0.15, 0.2) is 47.4 Å². The molecule has 0 spiro atoms. The first kappa shape index (κ1) is 17.6. The lowest BCUT2D eigenvalue weighted by Gasteiger charge is -2.06. The van der Waals surface area contributed by atoms with Gasteiger partial charge >= 0.3 is 0 Å². The Labute approximate surface area is 144 Å². The van der Waals surface area contributed by atoms with Gasteiger partial charge in [0.15, 0.2) is 0 Å². The van der Waals surface area contributed by atoms with Crippen molar-refractivity contribution in [3.05, 3.63) is 52.2 Å². The van der Waals surface area contributed by atoms with Gasteiger partial charge in [-0.2, -0.15) is 0 Å². The first-order valence-electron chi connectivity index (χ1n) is 7.44. The molecule has 0 bridgehead atoms. The molecule has 4 nitrogen and oxygen atoms in total. The van der Waals surface area contributed by atoms with E-state index in [1.165, 1.54) is 16.2 Å². The highest BCUT2D eigenvalue weighted by molar-refractivity contribution is 7.99. The molecule has 0 aliphatic carbocycles. The third kappa shape index (κ3) is 6.46. The van der Waals surface area contributed by atoms with E-state index in [9.17, 15) is 9.59 Å². The monoisotopic (exact) mass is 348 g/mol. The van der Waals surface area contributed by atoms with E-state index in [0.29, 0.717) is 11.4 Å². The van der Waals surface area contributed by atoms with Crippen molar-refractivity contribution in [2.45, 2.75) is 18.2 Å². The fourth-order valence-electron chi connectivity index (χ4n) is 1.87. The number of hydrogen-bond acceptors (Lipinski definition) is 4. The summed E-state index contributed by atoms with van der Waals surface area (Å²) in [5.74, 6) is 0.597. The van der Waals surface area contributed by atoms with E-state index >= 15 is 0 Å². The van der Waals surface area contributed by atoms with E-state index in [0.717, 1.165) is 17.1 Å². The van der Waals surface area contributed by atoms with Crippen LogP contribution in [0.5, 0.6) is 0 Å². The van der Waals surface area contributed by atoms with E-state index in [4.69, 9.17) is 0 Å². The van der Waals surface area contributed by atoms with Crippen LogP contribution in [0, 0.1) is 6.92 Å². The average Bonchev–Trinajstić information content (AvgIpc) is 3.00. The summed E-state index contributed by atoms with van der Waals surface area (Å²) in [6, 6.07) is 13.8. The lowest BCUT2D eigenvalue weighted by atomic mass is 10.4. The Morgan fingerprint density at radius 2 is 1.87 bits per heavy atom. The normalized spacial score (nSPS) is 10.3. The van der Waals surface area contributed by atoms with Crippen molar-refractivity contribution in [3.8, 4) is 0 Å². The number of nitrogens with one attached hydrogen (secondary N) is 2. The van der Waals surface area contributed by atoms with E-state index in [2.05, 4.69) is 22.8 Å². The third-order valence-corrected chi connectivity index (χ3v) is 5.13. The molecule has 2 rings (SSSR count). The fourth-order valence-corrected chi connectivity index (χ4v) is 3.53. The number of benzene rings is 1. The molecule has 23 heavy (non-hydrogen) atoms. The van der Waals surface area contributed by atoms with Gasteiger partial charge in [-0.3, -0.25) is 9.59 Å². The van der Waals surface area contributed by atoms with Crippen molar-refractivity contribution in [1.82, 2.24) is 10.6 Å². The number of amides is 2. The van der Waals surface area contributed by atoms with Crippen LogP contribution in [0.2, 0.25) is 0 Å². The quantitative estimate of drug-likeness (QED) is 0.569. The summed E-state index contributed by atoms with van der Waals surface area (Å²) in [4.78, 5) is 26.4. The van der Waals surface area contributed by atoms with Gasteiger partial charge in [0, 0.05) is 16.3 Å². The number of carbonyl (C=O) groups excluding carboxylic acids is 2. The molecule has 0 atom stereocenters. The van der Waals surface area contributed by atoms with Crippen LogP contribution < -0.4 is 10.6 Å². The highest BCUT2D eigenvalue weighted by Gasteiger charge is 2.09. The van der Waals surface area contributed by atoms with Crippen molar-refractivity contribution in [3.63, 3.8) is 0 Å². The maximum atomic E-state index is 11.8. The molecule has 0 saturated heterocycles. The van der Waals surface area contributed by atoms with Gasteiger partial charge in [0.25, 0.3) is 5.91 Å². The largest absolute Gasteiger partial charge is 0.355 e. The topological polar surface area (TPSA) is 58.2 Å². The number of thioether (sulfide) groups is 1. The summed E-state index contributed by atoms with van der Waals surface area (Å²) in [7, 11) is 0. The van der Waals surface area contributed by atoms with Crippen molar-refractivity contribution in [2.75, 3.05) is 18.8 Å². The Balaban J connectivity index is 1.56. The Morgan fingerprint density at radius 1 is 1.09 bits per heavy atom. The minimum Gasteiger partial charge on any atom is -0.355 e. The Morgan fingerprint density at radius 3 is 2.57 bits per heavy atom. The van der Waals surface area contributed by atoms with Gasteiger partial charge in [-0.1, -0.05) is 18.2 Å². The molecule has 2 aromatic rings. The molecule has 0 fully saturated rings. The van der Waals surface area contributed by atoms with Crippen molar-refractivity contribution < 1.29 is 9.59 Å². The van der Waals surface area contributed by atoms with Gasteiger partial charge in [0.05, 0.1) is 11.4 Å². The van der Waals surface area contributed by atoms with E-state index in [1.807, 2.05) is 31.2 Å². The van der Waals surface area contributed by atoms with E-state index in [1.54, 1.807) is 17.8 Å². The Hall–Kier alpha value is -1.79. The van der Waals surface area contributed by atoms with Crippen LogP contribution in [-0.4, -0.2) is 30.7 Å². The van der Waals surface area contributed by atoms with Gasteiger partial charge in [0.2, 0.25) is 5.91 Å². The maximum absolute atomic E-state index is 11.8. The number of thiophene rings is 1.